The minimum absolute atomic E-state index is 0.440. The molecule has 0 unspecified atom stereocenters. The SMILES string of the molecule is CCCN(CC)CCc1cc(Cl)c(OCCOC)c(Cl)c1. The fourth-order valence-electron chi connectivity index (χ4n) is 2.15. The molecule has 0 saturated carbocycles. The molecule has 0 N–H and O–H groups in total. The van der Waals surface area contributed by atoms with Crippen LogP contribution in [-0.2, 0) is 11.2 Å². The van der Waals surface area contributed by atoms with Gasteiger partial charge in [0.2, 0.25) is 0 Å². The molecular weight excluding hydrogens is 309 g/mol. The van der Waals surface area contributed by atoms with Crippen LogP contribution in [0.5, 0.6) is 5.75 Å². The van der Waals surface area contributed by atoms with Crippen molar-refractivity contribution in [1.82, 2.24) is 4.90 Å². The molecule has 0 spiro atoms. The Morgan fingerprint density at radius 3 is 2.24 bits per heavy atom. The van der Waals surface area contributed by atoms with Gasteiger partial charge in [-0.3, -0.25) is 0 Å². The molecule has 0 radical (unpaired) electrons. The molecule has 1 aromatic carbocycles. The first kappa shape index (κ1) is 18.6. The van der Waals surface area contributed by atoms with Gasteiger partial charge < -0.3 is 14.4 Å². The normalized spacial score (nSPS) is 11.1. The van der Waals surface area contributed by atoms with E-state index in [0.717, 1.165) is 31.6 Å². The summed E-state index contributed by atoms with van der Waals surface area (Å²) in [7, 11) is 1.63. The lowest BCUT2D eigenvalue weighted by molar-refractivity contribution is 0.146. The van der Waals surface area contributed by atoms with Crippen molar-refractivity contribution in [2.75, 3.05) is 40.0 Å². The molecule has 5 heteroatoms. The van der Waals surface area contributed by atoms with E-state index in [1.54, 1.807) is 7.11 Å². The fraction of sp³-hybridized carbons (Fsp3) is 0.625. The van der Waals surface area contributed by atoms with Gasteiger partial charge in [0.1, 0.15) is 6.61 Å². The molecule has 3 nitrogen and oxygen atoms in total. The zero-order valence-electron chi connectivity index (χ0n) is 13.1. The summed E-state index contributed by atoms with van der Waals surface area (Å²) in [5.74, 6) is 0.542. The lowest BCUT2D eigenvalue weighted by Gasteiger charge is -2.19. The van der Waals surface area contributed by atoms with E-state index in [9.17, 15) is 0 Å². The summed E-state index contributed by atoms with van der Waals surface area (Å²) in [5.41, 5.74) is 1.14. The van der Waals surface area contributed by atoms with Crippen molar-refractivity contribution >= 4 is 23.2 Å². The summed E-state index contributed by atoms with van der Waals surface area (Å²) in [5, 5.41) is 1.12. The lowest BCUT2D eigenvalue weighted by atomic mass is 10.1. The van der Waals surface area contributed by atoms with Gasteiger partial charge in [0, 0.05) is 13.7 Å². The highest BCUT2D eigenvalue weighted by molar-refractivity contribution is 6.37. The Kier molecular flexibility index (Phi) is 9.09. The summed E-state index contributed by atoms with van der Waals surface area (Å²) >= 11 is 12.5. The van der Waals surface area contributed by atoms with Gasteiger partial charge in [0.15, 0.2) is 5.75 Å². The third-order valence-electron chi connectivity index (χ3n) is 3.30. The van der Waals surface area contributed by atoms with Crippen LogP contribution in [-0.4, -0.2) is 44.9 Å². The highest BCUT2D eigenvalue weighted by Gasteiger charge is 2.10. The highest BCUT2D eigenvalue weighted by Crippen LogP contribution is 2.34. The Labute approximate surface area is 138 Å². The number of nitrogens with zero attached hydrogens (tertiary/aromatic N) is 1. The van der Waals surface area contributed by atoms with Crippen LogP contribution in [0, 0.1) is 0 Å². The molecule has 0 fully saturated rings. The predicted octanol–water partition coefficient (Wildman–Crippen LogP) is 4.29. The molecule has 0 bridgehead atoms. The van der Waals surface area contributed by atoms with E-state index in [0.29, 0.717) is 29.0 Å². The predicted molar refractivity (Wildman–Crippen MR) is 89.9 cm³/mol. The van der Waals surface area contributed by atoms with E-state index >= 15 is 0 Å². The smallest absolute Gasteiger partial charge is 0.156 e. The van der Waals surface area contributed by atoms with Crippen LogP contribution < -0.4 is 4.74 Å². The number of likely N-dealkylation sites (N-methyl/N-ethyl adjacent to an activating group) is 1. The Morgan fingerprint density at radius 2 is 1.71 bits per heavy atom. The van der Waals surface area contributed by atoms with Gasteiger partial charge in [-0.25, -0.2) is 0 Å². The van der Waals surface area contributed by atoms with Crippen LogP contribution in [0.3, 0.4) is 0 Å². The summed E-state index contributed by atoms with van der Waals surface area (Å²) in [6.45, 7) is 8.53. The number of methoxy groups -OCH3 is 1. The maximum absolute atomic E-state index is 6.26. The molecule has 0 amide bonds. The summed E-state index contributed by atoms with van der Waals surface area (Å²) in [6, 6.07) is 3.88. The molecule has 0 aromatic heterocycles. The van der Waals surface area contributed by atoms with Crippen LogP contribution >= 0.6 is 23.2 Å². The molecule has 1 rings (SSSR count). The van der Waals surface area contributed by atoms with Crippen LogP contribution in [0.2, 0.25) is 10.0 Å². The number of rotatable bonds is 10. The van der Waals surface area contributed by atoms with Gasteiger partial charge in [-0.1, -0.05) is 37.0 Å². The number of benzene rings is 1. The molecule has 0 aliphatic heterocycles. The van der Waals surface area contributed by atoms with E-state index in [4.69, 9.17) is 32.7 Å². The van der Waals surface area contributed by atoms with Gasteiger partial charge >= 0.3 is 0 Å². The summed E-state index contributed by atoms with van der Waals surface area (Å²) < 4.78 is 10.5. The lowest BCUT2D eigenvalue weighted by Crippen LogP contribution is -2.26. The number of ether oxygens (including phenoxy) is 2. The Hall–Kier alpha value is -0.480. The van der Waals surface area contributed by atoms with Crippen molar-refractivity contribution in [2.45, 2.75) is 26.7 Å². The monoisotopic (exact) mass is 333 g/mol. The zero-order chi connectivity index (χ0) is 15.7. The van der Waals surface area contributed by atoms with Gasteiger partial charge in [0.05, 0.1) is 16.7 Å². The summed E-state index contributed by atoms with van der Waals surface area (Å²) in [4.78, 5) is 2.42. The van der Waals surface area contributed by atoms with Crippen molar-refractivity contribution in [3.05, 3.63) is 27.7 Å². The second kappa shape index (κ2) is 10.3. The number of halogens is 2. The van der Waals surface area contributed by atoms with Crippen molar-refractivity contribution in [1.29, 1.82) is 0 Å². The minimum atomic E-state index is 0.440. The molecule has 1 aromatic rings. The maximum atomic E-state index is 6.26. The van der Waals surface area contributed by atoms with E-state index in [-0.39, 0.29) is 0 Å². The Balaban J connectivity index is 2.64. The van der Waals surface area contributed by atoms with Crippen LogP contribution in [0.4, 0.5) is 0 Å². The molecule has 0 atom stereocenters. The molecule has 0 heterocycles. The third kappa shape index (κ3) is 6.43. The van der Waals surface area contributed by atoms with Crippen molar-refractivity contribution < 1.29 is 9.47 Å². The van der Waals surface area contributed by atoms with Crippen LogP contribution in [0.25, 0.3) is 0 Å². The molecule has 21 heavy (non-hydrogen) atoms. The molecule has 0 aliphatic rings. The van der Waals surface area contributed by atoms with Crippen LogP contribution in [0.1, 0.15) is 25.8 Å². The van der Waals surface area contributed by atoms with E-state index in [1.165, 1.54) is 6.42 Å². The number of hydrogen-bond donors (Lipinski definition) is 0. The van der Waals surface area contributed by atoms with E-state index in [2.05, 4.69) is 18.7 Å². The zero-order valence-corrected chi connectivity index (χ0v) is 14.6. The van der Waals surface area contributed by atoms with E-state index < -0.39 is 0 Å². The summed E-state index contributed by atoms with van der Waals surface area (Å²) in [6.07, 6.45) is 2.10. The van der Waals surface area contributed by atoms with Crippen molar-refractivity contribution in [3.8, 4) is 5.75 Å². The first-order valence-electron chi connectivity index (χ1n) is 7.44. The quantitative estimate of drug-likeness (QED) is 0.596. The first-order chi connectivity index (χ1) is 10.1. The van der Waals surface area contributed by atoms with Gasteiger partial charge in [-0.2, -0.15) is 0 Å². The van der Waals surface area contributed by atoms with Gasteiger partial charge in [-0.15, -0.1) is 0 Å². The standard InChI is InChI=1S/C16H25Cl2NO2/c1-4-7-19(5-2)8-6-13-11-14(17)16(15(18)12-13)21-10-9-20-3/h11-12H,4-10H2,1-3H3. The second-order valence-corrected chi connectivity index (χ2v) is 5.73. The molecule has 0 aliphatic carbocycles. The first-order valence-corrected chi connectivity index (χ1v) is 8.19. The topological polar surface area (TPSA) is 21.7 Å². The van der Waals surface area contributed by atoms with Crippen LogP contribution in [0.15, 0.2) is 12.1 Å². The average Bonchev–Trinajstić information content (AvgIpc) is 2.46. The molecule has 120 valence electrons. The Morgan fingerprint density at radius 1 is 1.05 bits per heavy atom. The second-order valence-electron chi connectivity index (χ2n) is 4.91. The average molecular weight is 334 g/mol. The van der Waals surface area contributed by atoms with Gasteiger partial charge in [0.25, 0.3) is 0 Å². The molecular formula is C16H25Cl2NO2. The largest absolute Gasteiger partial charge is 0.488 e. The Bertz CT molecular complexity index is 404. The van der Waals surface area contributed by atoms with Gasteiger partial charge in [-0.05, 0) is 43.6 Å². The number of hydrogen-bond acceptors (Lipinski definition) is 3. The fourth-order valence-corrected chi connectivity index (χ4v) is 2.79. The van der Waals surface area contributed by atoms with E-state index in [1.807, 2.05) is 12.1 Å². The maximum Gasteiger partial charge on any atom is 0.156 e. The minimum Gasteiger partial charge on any atom is -0.488 e. The third-order valence-corrected chi connectivity index (χ3v) is 3.86. The van der Waals surface area contributed by atoms with Crippen molar-refractivity contribution in [3.63, 3.8) is 0 Å². The van der Waals surface area contributed by atoms with Crippen molar-refractivity contribution in [2.24, 2.45) is 0 Å². The highest BCUT2D eigenvalue weighted by atomic mass is 35.5. The molecule has 0 saturated heterocycles.